The molecular formula is C8H8F3NO2. The number of nitrogens with one attached hydrogen (secondary N) is 1. The van der Waals surface area contributed by atoms with Crippen molar-refractivity contribution in [2.24, 2.45) is 0 Å². The summed E-state index contributed by atoms with van der Waals surface area (Å²) in [6.45, 7) is 1.40. The van der Waals surface area contributed by atoms with E-state index in [2.05, 4.69) is 4.74 Å². The van der Waals surface area contributed by atoms with E-state index in [1.165, 1.54) is 6.92 Å². The van der Waals surface area contributed by atoms with Crippen molar-refractivity contribution >= 4 is 0 Å². The van der Waals surface area contributed by atoms with E-state index in [0.29, 0.717) is 0 Å². The summed E-state index contributed by atoms with van der Waals surface area (Å²) in [6, 6.07) is 0. The predicted molar refractivity (Wildman–Crippen MR) is 43.4 cm³/mol. The lowest BCUT2D eigenvalue weighted by molar-refractivity contribution is -0.142. The van der Waals surface area contributed by atoms with Crippen LogP contribution in [0.1, 0.15) is 11.3 Å². The molecule has 0 amide bonds. The van der Waals surface area contributed by atoms with Crippen molar-refractivity contribution in [1.82, 2.24) is 4.98 Å². The van der Waals surface area contributed by atoms with Crippen LogP contribution in [0.3, 0.4) is 0 Å². The van der Waals surface area contributed by atoms with Gasteiger partial charge in [0.25, 0.3) is 0 Å². The molecule has 0 bridgehead atoms. The van der Waals surface area contributed by atoms with Crippen LogP contribution in [0.4, 0.5) is 13.2 Å². The van der Waals surface area contributed by atoms with Crippen LogP contribution in [-0.2, 0) is 6.18 Å². The van der Waals surface area contributed by atoms with E-state index in [0.717, 1.165) is 13.3 Å². The first-order valence-electron chi connectivity index (χ1n) is 3.71. The number of alkyl halides is 3. The first-order valence-corrected chi connectivity index (χ1v) is 3.71. The first-order chi connectivity index (χ1) is 6.38. The Bertz CT molecular complexity index is 395. The van der Waals surface area contributed by atoms with Gasteiger partial charge in [0, 0.05) is 11.8 Å². The van der Waals surface area contributed by atoms with Crippen molar-refractivity contribution in [2.75, 3.05) is 7.11 Å². The van der Waals surface area contributed by atoms with Gasteiger partial charge >= 0.3 is 6.18 Å². The van der Waals surface area contributed by atoms with Gasteiger partial charge < -0.3 is 9.72 Å². The lowest BCUT2D eigenvalue weighted by atomic mass is 10.2. The minimum atomic E-state index is -4.61. The van der Waals surface area contributed by atoms with Crippen molar-refractivity contribution in [3.05, 3.63) is 27.7 Å². The second-order valence-corrected chi connectivity index (χ2v) is 2.71. The van der Waals surface area contributed by atoms with Crippen LogP contribution in [0, 0.1) is 6.92 Å². The van der Waals surface area contributed by atoms with Gasteiger partial charge in [0.2, 0.25) is 5.43 Å². The van der Waals surface area contributed by atoms with E-state index < -0.39 is 23.0 Å². The Kier molecular flexibility index (Phi) is 2.55. The zero-order chi connectivity index (χ0) is 10.9. The number of hydrogen-bond acceptors (Lipinski definition) is 2. The number of aryl methyl sites for hydroxylation is 1. The maximum Gasteiger partial charge on any atom is 0.435 e. The number of halogens is 3. The number of H-pyrrole nitrogens is 1. The minimum Gasteiger partial charge on any atom is -0.491 e. The fraction of sp³-hybridized carbons (Fsp3) is 0.375. The molecule has 0 aromatic carbocycles. The van der Waals surface area contributed by atoms with E-state index in [1.54, 1.807) is 0 Å². The zero-order valence-electron chi connectivity index (χ0n) is 7.53. The van der Waals surface area contributed by atoms with Crippen molar-refractivity contribution in [3.8, 4) is 5.75 Å². The predicted octanol–water partition coefficient (Wildman–Crippen LogP) is 1.71. The average molecular weight is 207 g/mol. The number of ether oxygens (including phenoxy) is 1. The second kappa shape index (κ2) is 3.36. The largest absolute Gasteiger partial charge is 0.491 e. The fourth-order valence-electron chi connectivity index (χ4n) is 1.01. The Morgan fingerprint density at radius 3 is 2.43 bits per heavy atom. The molecule has 1 N–H and O–H groups in total. The van der Waals surface area contributed by atoms with E-state index in [9.17, 15) is 18.0 Å². The maximum atomic E-state index is 12.3. The highest BCUT2D eigenvalue weighted by molar-refractivity contribution is 5.32. The van der Waals surface area contributed by atoms with Gasteiger partial charge in [-0.25, -0.2) is 0 Å². The molecule has 6 heteroatoms. The summed E-state index contributed by atoms with van der Waals surface area (Å²) in [5.41, 5.74) is -1.73. The van der Waals surface area contributed by atoms with Crippen LogP contribution in [-0.4, -0.2) is 12.1 Å². The normalized spacial score (nSPS) is 11.5. The zero-order valence-corrected chi connectivity index (χ0v) is 7.53. The van der Waals surface area contributed by atoms with Crippen LogP contribution in [0.15, 0.2) is 11.0 Å². The van der Waals surface area contributed by atoms with Gasteiger partial charge in [0.05, 0.1) is 7.11 Å². The van der Waals surface area contributed by atoms with Crippen LogP contribution in [0.2, 0.25) is 0 Å². The minimum absolute atomic E-state index is 0.176. The molecule has 0 aliphatic rings. The summed E-state index contributed by atoms with van der Waals surface area (Å²) < 4.78 is 41.3. The van der Waals surface area contributed by atoms with Gasteiger partial charge in [-0.15, -0.1) is 0 Å². The molecular weight excluding hydrogens is 199 g/mol. The van der Waals surface area contributed by atoms with Crippen molar-refractivity contribution in [2.45, 2.75) is 13.1 Å². The number of methoxy groups -OCH3 is 1. The SMILES string of the molecule is COc1c(C(F)(F)F)[nH]cc(C)c1=O. The van der Waals surface area contributed by atoms with Gasteiger partial charge in [0.15, 0.2) is 11.4 Å². The van der Waals surface area contributed by atoms with Gasteiger partial charge in [-0.05, 0) is 6.92 Å². The number of hydrogen-bond donors (Lipinski definition) is 1. The fourth-order valence-corrected chi connectivity index (χ4v) is 1.01. The Balaban J connectivity index is 3.47. The summed E-state index contributed by atoms with van der Waals surface area (Å²) in [5, 5.41) is 0. The third kappa shape index (κ3) is 1.73. The van der Waals surface area contributed by atoms with Gasteiger partial charge in [-0.2, -0.15) is 13.2 Å². The topological polar surface area (TPSA) is 42.1 Å². The summed E-state index contributed by atoms with van der Waals surface area (Å²) >= 11 is 0. The number of pyridine rings is 1. The van der Waals surface area contributed by atoms with Gasteiger partial charge in [-0.1, -0.05) is 0 Å². The summed E-state index contributed by atoms with van der Waals surface area (Å²) in [5.74, 6) is -0.697. The molecule has 0 saturated carbocycles. The molecule has 14 heavy (non-hydrogen) atoms. The lowest BCUT2D eigenvalue weighted by Gasteiger charge is -2.10. The Morgan fingerprint density at radius 1 is 1.43 bits per heavy atom. The smallest absolute Gasteiger partial charge is 0.435 e. The lowest BCUT2D eigenvalue weighted by Crippen LogP contribution is -2.18. The highest BCUT2D eigenvalue weighted by atomic mass is 19.4. The molecule has 78 valence electrons. The van der Waals surface area contributed by atoms with E-state index in [1.807, 2.05) is 4.98 Å². The summed E-state index contributed by atoms with van der Waals surface area (Å²) in [7, 11) is 1.03. The van der Waals surface area contributed by atoms with Crippen LogP contribution in [0.25, 0.3) is 0 Å². The van der Waals surface area contributed by atoms with Crippen molar-refractivity contribution in [1.29, 1.82) is 0 Å². The van der Waals surface area contributed by atoms with E-state index in [-0.39, 0.29) is 5.56 Å². The molecule has 0 saturated heterocycles. The van der Waals surface area contributed by atoms with Gasteiger partial charge in [0.1, 0.15) is 0 Å². The summed E-state index contributed by atoms with van der Waals surface area (Å²) in [6.07, 6.45) is -3.61. The van der Waals surface area contributed by atoms with Crippen molar-refractivity contribution < 1.29 is 17.9 Å². The monoisotopic (exact) mass is 207 g/mol. The van der Waals surface area contributed by atoms with Crippen LogP contribution < -0.4 is 10.2 Å². The molecule has 0 radical (unpaired) electrons. The number of aromatic amines is 1. The molecule has 0 atom stereocenters. The molecule has 0 spiro atoms. The summed E-state index contributed by atoms with van der Waals surface area (Å²) in [4.78, 5) is 13.2. The Hall–Kier alpha value is -1.46. The third-order valence-corrected chi connectivity index (χ3v) is 1.71. The highest BCUT2D eigenvalue weighted by Crippen LogP contribution is 2.32. The molecule has 0 aliphatic carbocycles. The van der Waals surface area contributed by atoms with Crippen LogP contribution >= 0.6 is 0 Å². The third-order valence-electron chi connectivity index (χ3n) is 1.71. The quantitative estimate of drug-likeness (QED) is 0.761. The molecule has 1 rings (SSSR count). The Morgan fingerprint density at radius 2 is 2.00 bits per heavy atom. The molecule has 1 aromatic heterocycles. The van der Waals surface area contributed by atoms with Gasteiger partial charge in [-0.3, -0.25) is 4.79 Å². The molecule has 0 fully saturated rings. The molecule has 1 aromatic rings. The Labute approximate surface area is 77.5 Å². The average Bonchev–Trinajstić information content (AvgIpc) is 2.07. The van der Waals surface area contributed by atoms with Crippen LogP contribution in [0.5, 0.6) is 5.75 Å². The first kappa shape index (κ1) is 10.6. The number of aromatic nitrogens is 1. The maximum absolute atomic E-state index is 12.3. The van der Waals surface area contributed by atoms with E-state index >= 15 is 0 Å². The second-order valence-electron chi connectivity index (χ2n) is 2.71. The molecule has 0 aliphatic heterocycles. The molecule has 1 heterocycles. The number of rotatable bonds is 1. The standard InChI is InChI=1S/C8H8F3NO2/c1-4-3-12-7(8(9,10)11)6(14-2)5(4)13/h3H,1-2H3,(H,12,13). The molecule has 3 nitrogen and oxygen atoms in total. The van der Waals surface area contributed by atoms with E-state index in [4.69, 9.17) is 0 Å². The highest BCUT2D eigenvalue weighted by Gasteiger charge is 2.36. The van der Waals surface area contributed by atoms with Crippen molar-refractivity contribution in [3.63, 3.8) is 0 Å². The molecule has 0 unspecified atom stereocenters.